The summed E-state index contributed by atoms with van der Waals surface area (Å²) in [5, 5.41) is 0.0396. The van der Waals surface area contributed by atoms with E-state index in [4.69, 9.17) is 13.6 Å². The summed E-state index contributed by atoms with van der Waals surface area (Å²) >= 11 is 0. The van der Waals surface area contributed by atoms with Crippen LogP contribution in [-0.2, 0) is 9.16 Å². The minimum Gasteiger partial charge on any atom is -0.547 e. The Morgan fingerprint density at radius 2 is 1.89 bits per heavy atom. The number of carbonyl (C=O) groups is 2. The number of Topliss-reactive ketones (excluding diaryl/α,β-unsaturated/α-hetero) is 2. The highest BCUT2D eigenvalue weighted by Crippen LogP contribution is 2.51. The summed E-state index contributed by atoms with van der Waals surface area (Å²) in [6.45, 7) is 14.5. The number of aryl methyl sites for hydroxylation is 1. The lowest BCUT2D eigenvalue weighted by Gasteiger charge is -2.47. The fourth-order valence-corrected chi connectivity index (χ4v) is 4.99. The molecule has 1 aromatic rings. The van der Waals surface area contributed by atoms with Crippen LogP contribution in [0.1, 0.15) is 60.6 Å². The number of fused-ring (bicyclic) bond motifs is 2. The summed E-state index contributed by atoms with van der Waals surface area (Å²) in [5.74, 6) is 0.208. The lowest BCUT2D eigenvalue weighted by Crippen LogP contribution is -2.55. The van der Waals surface area contributed by atoms with Crippen molar-refractivity contribution >= 4 is 19.9 Å². The summed E-state index contributed by atoms with van der Waals surface area (Å²) in [5.41, 5.74) is 0.148. The maximum atomic E-state index is 13.3. The van der Waals surface area contributed by atoms with Crippen molar-refractivity contribution in [3.05, 3.63) is 35.0 Å². The number of ether oxygens (including phenoxy) is 1. The van der Waals surface area contributed by atoms with Gasteiger partial charge in [-0.05, 0) is 43.6 Å². The van der Waals surface area contributed by atoms with Crippen molar-refractivity contribution in [1.82, 2.24) is 0 Å². The maximum Gasteiger partial charge on any atom is 0.250 e. The number of allylic oxidation sites excluding steroid dienone is 1. The molecular weight excluding hydrogens is 360 g/mol. The molecule has 1 heterocycles. The van der Waals surface area contributed by atoms with Gasteiger partial charge >= 0.3 is 0 Å². The van der Waals surface area contributed by atoms with E-state index in [1.807, 2.05) is 13.0 Å². The van der Waals surface area contributed by atoms with E-state index in [0.29, 0.717) is 17.5 Å². The van der Waals surface area contributed by atoms with Gasteiger partial charge in [0, 0.05) is 19.4 Å². The van der Waals surface area contributed by atoms with Crippen LogP contribution in [0.2, 0.25) is 18.1 Å². The molecule has 0 aromatic carbocycles. The van der Waals surface area contributed by atoms with Gasteiger partial charge in [0.05, 0.1) is 29.1 Å². The van der Waals surface area contributed by atoms with Gasteiger partial charge in [-0.1, -0.05) is 20.8 Å². The van der Waals surface area contributed by atoms with Gasteiger partial charge in [-0.3, -0.25) is 9.59 Å². The van der Waals surface area contributed by atoms with E-state index in [1.54, 1.807) is 14.0 Å². The number of rotatable bonds is 3. The number of furan rings is 1. The summed E-state index contributed by atoms with van der Waals surface area (Å²) in [7, 11) is -0.494. The minimum atomic E-state index is -2.06. The minimum absolute atomic E-state index is 0.0396. The molecule has 0 fully saturated rings. The molecule has 6 heteroatoms. The molecule has 148 valence electrons. The number of methoxy groups -OCH3 is 1. The standard InChI is InChI=1S/C21H30O5Si/c1-12-11-25-18-16(12)17(22)14-9-13(26-27(7,8)20(2,3)4)10-15(24-6)21(14,5)19(18)23/h10-11,14-15H,9H2,1-8H3/t14-,15-,21+/m1/s1. The molecule has 0 saturated carbocycles. The van der Waals surface area contributed by atoms with Crippen molar-refractivity contribution < 1.29 is 23.2 Å². The summed E-state index contributed by atoms with van der Waals surface area (Å²) in [6, 6.07) is 0. The van der Waals surface area contributed by atoms with Gasteiger partial charge in [-0.2, -0.15) is 0 Å². The van der Waals surface area contributed by atoms with Crippen LogP contribution in [0, 0.1) is 18.3 Å². The van der Waals surface area contributed by atoms with Gasteiger partial charge in [0.1, 0.15) is 0 Å². The van der Waals surface area contributed by atoms with Crippen molar-refractivity contribution in [2.45, 2.75) is 65.3 Å². The molecule has 0 N–H and O–H groups in total. The Morgan fingerprint density at radius 3 is 2.44 bits per heavy atom. The molecule has 0 bridgehead atoms. The van der Waals surface area contributed by atoms with Crippen LogP contribution in [0.25, 0.3) is 0 Å². The molecule has 0 spiro atoms. The lowest BCUT2D eigenvalue weighted by atomic mass is 9.59. The second-order valence-corrected chi connectivity index (χ2v) is 14.2. The molecule has 3 rings (SSSR count). The van der Waals surface area contributed by atoms with Crippen LogP contribution >= 0.6 is 0 Å². The predicted octanol–water partition coefficient (Wildman–Crippen LogP) is 4.91. The first-order chi connectivity index (χ1) is 12.3. The van der Waals surface area contributed by atoms with E-state index in [-0.39, 0.29) is 22.4 Å². The van der Waals surface area contributed by atoms with Gasteiger partial charge in [-0.25, -0.2) is 0 Å². The second-order valence-electron chi connectivity index (χ2n) is 9.51. The Labute approximate surface area is 162 Å². The monoisotopic (exact) mass is 390 g/mol. The number of hydrogen-bond acceptors (Lipinski definition) is 5. The van der Waals surface area contributed by atoms with Crippen molar-refractivity contribution in [1.29, 1.82) is 0 Å². The van der Waals surface area contributed by atoms with Gasteiger partial charge in [0.2, 0.25) is 14.1 Å². The molecule has 0 amide bonds. The molecule has 3 atom stereocenters. The number of ketones is 2. The van der Waals surface area contributed by atoms with E-state index in [1.165, 1.54) is 6.26 Å². The third-order valence-electron chi connectivity index (χ3n) is 6.74. The fourth-order valence-electron chi connectivity index (χ4n) is 3.88. The van der Waals surface area contributed by atoms with Crippen LogP contribution in [0.15, 0.2) is 22.5 Å². The van der Waals surface area contributed by atoms with Crippen molar-refractivity contribution in [2.24, 2.45) is 11.3 Å². The van der Waals surface area contributed by atoms with Crippen LogP contribution < -0.4 is 0 Å². The topological polar surface area (TPSA) is 65.7 Å². The van der Waals surface area contributed by atoms with Gasteiger partial charge in [-0.15, -0.1) is 0 Å². The molecule has 0 unspecified atom stereocenters. The molecular formula is C21H30O5Si. The molecule has 27 heavy (non-hydrogen) atoms. The first-order valence-corrected chi connectivity index (χ1v) is 12.3. The average Bonchev–Trinajstić information content (AvgIpc) is 2.94. The first kappa shape index (κ1) is 20.1. The fraction of sp³-hybridized carbons (Fsp3) is 0.619. The highest BCUT2D eigenvalue weighted by atomic mass is 28.4. The Hall–Kier alpha value is -1.66. The van der Waals surface area contributed by atoms with Crippen molar-refractivity contribution in [3.8, 4) is 0 Å². The van der Waals surface area contributed by atoms with E-state index in [9.17, 15) is 9.59 Å². The molecule has 2 aliphatic rings. The lowest BCUT2D eigenvalue weighted by molar-refractivity contribution is -0.0102. The molecule has 0 radical (unpaired) electrons. The zero-order valence-electron chi connectivity index (χ0n) is 17.6. The highest BCUT2D eigenvalue weighted by Gasteiger charge is 2.59. The van der Waals surface area contributed by atoms with E-state index >= 15 is 0 Å². The van der Waals surface area contributed by atoms with Crippen molar-refractivity contribution in [3.63, 3.8) is 0 Å². The first-order valence-electron chi connectivity index (χ1n) is 9.44. The summed E-state index contributed by atoms with van der Waals surface area (Å²) < 4.78 is 17.6. The van der Waals surface area contributed by atoms with Crippen LogP contribution in [0.3, 0.4) is 0 Å². The highest BCUT2D eigenvalue weighted by molar-refractivity contribution is 6.74. The van der Waals surface area contributed by atoms with Crippen LogP contribution in [-0.4, -0.2) is 33.1 Å². The van der Waals surface area contributed by atoms with Crippen LogP contribution in [0.5, 0.6) is 0 Å². The molecule has 0 saturated heterocycles. The second kappa shape index (κ2) is 6.17. The van der Waals surface area contributed by atoms with E-state index < -0.39 is 25.8 Å². The summed E-state index contributed by atoms with van der Waals surface area (Å²) in [4.78, 5) is 26.6. The van der Waals surface area contributed by atoms with Gasteiger partial charge in [0.15, 0.2) is 11.5 Å². The van der Waals surface area contributed by atoms with Crippen molar-refractivity contribution in [2.75, 3.05) is 7.11 Å². The van der Waals surface area contributed by atoms with Crippen LogP contribution in [0.4, 0.5) is 0 Å². The number of hydrogen-bond donors (Lipinski definition) is 0. The smallest absolute Gasteiger partial charge is 0.250 e. The zero-order chi connectivity index (χ0) is 20.4. The largest absolute Gasteiger partial charge is 0.547 e. The summed E-state index contributed by atoms with van der Waals surface area (Å²) in [6.07, 6.45) is 3.26. The SMILES string of the molecule is CO[C@@H]1C=C(O[Si](C)(C)C(C)(C)C)C[C@@H]2C(=O)c3c(C)coc3C(=O)[C@@]21C. The number of carbonyl (C=O) groups excluding carboxylic acids is 2. The van der Waals surface area contributed by atoms with Gasteiger partial charge in [0.25, 0.3) is 0 Å². The van der Waals surface area contributed by atoms with E-state index in [0.717, 1.165) is 5.76 Å². The quantitative estimate of drug-likeness (QED) is 0.686. The molecule has 5 nitrogen and oxygen atoms in total. The van der Waals surface area contributed by atoms with Gasteiger partial charge < -0.3 is 13.6 Å². The predicted molar refractivity (Wildman–Crippen MR) is 105 cm³/mol. The Balaban J connectivity index is 2.06. The Morgan fingerprint density at radius 1 is 1.26 bits per heavy atom. The Bertz CT molecular complexity index is 826. The molecule has 0 aliphatic heterocycles. The Kier molecular flexibility index (Phi) is 4.59. The van der Waals surface area contributed by atoms with E-state index in [2.05, 4.69) is 33.9 Å². The average molecular weight is 391 g/mol. The molecule has 2 aliphatic carbocycles. The zero-order valence-corrected chi connectivity index (χ0v) is 18.6. The maximum absolute atomic E-state index is 13.3. The normalized spacial score (nSPS) is 28.5. The molecule has 1 aromatic heterocycles. The third kappa shape index (κ3) is 2.84. The third-order valence-corrected chi connectivity index (χ3v) is 11.1.